The molecule has 116 valence electrons. The number of piperidine rings is 1. The fourth-order valence-electron chi connectivity index (χ4n) is 4.34. The lowest BCUT2D eigenvalue weighted by molar-refractivity contribution is -0.174. The predicted molar refractivity (Wildman–Crippen MR) is 88.8 cm³/mol. The summed E-state index contributed by atoms with van der Waals surface area (Å²) in [6.07, 6.45) is 6.85. The Morgan fingerprint density at radius 3 is 3.05 bits per heavy atom. The van der Waals surface area contributed by atoms with Crippen molar-refractivity contribution in [1.29, 1.82) is 0 Å². The first-order valence-electron chi connectivity index (χ1n) is 8.54. The smallest absolute Gasteiger partial charge is 0.0840 e. The van der Waals surface area contributed by atoms with Crippen molar-refractivity contribution >= 4 is 10.9 Å². The summed E-state index contributed by atoms with van der Waals surface area (Å²) in [7, 11) is 0. The number of hydrogen-bond donors (Lipinski definition) is 1. The molecule has 0 bridgehead atoms. The molecular formula is C19H24N2O. The van der Waals surface area contributed by atoms with Crippen LogP contribution in [0.25, 0.3) is 10.9 Å². The van der Waals surface area contributed by atoms with Crippen LogP contribution >= 0.6 is 0 Å². The number of ether oxygens (including phenoxy) is 1. The van der Waals surface area contributed by atoms with Gasteiger partial charge in [-0.1, -0.05) is 25.1 Å². The van der Waals surface area contributed by atoms with E-state index in [0.29, 0.717) is 5.92 Å². The van der Waals surface area contributed by atoms with Gasteiger partial charge < -0.3 is 10.1 Å². The summed E-state index contributed by atoms with van der Waals surface area (Å²) in [5, 5.41) is 4.79. The van der Waals surface area contributed by atoms with Crippen molar-refractivity contribution in [2.75, 3.05) is 13.1 Å². The minimum atomic E-state index is 0.0194. The Hall–Kier alpha value is -1.45. The van der Waals surface area contributed by atoms with E-state index in [4.69, 9.17) is 4.74 Å². The van der Waals surface area contributed by atoms with Gasteiger partial charge in [0.05, 0.1) is 17.2 Å². The number of benzene rings is 1. The van der Waals surface area contributed by atoms with Gasteiger partial charge in [-0.25, -0.2) is 0 Å². The van der Waals surface area contributed by atoms with Gasteiger partial charge in [0.25, 0.3) is 0 Å². The minimum absolute atomic E-state index is 0.0194. The Balaban J connectivity index is 1.70. The van der Waals surface area contributed by atoms with Crippen molar-refractivity contribution < 1.29 is 4.74 Å². The van der Waals surface area contributed by atoms with Crippen LogP contribution in [0, 0.1) is 5.92 Å². The second kappa shape index (κ2) is 5.64. The number of fused-ring (bicyclic) bond motifs is 2. The Bertz CT molecular complexity index is 666. The van der Waals surface area contributed by atoms with Crippen molar-refractivity contribution in [3.05, 3.63) is 42.1 Å². The maximum Gasteiger partial charge on any atom is 0.0840 e. The summed E-state index contributed by atoms with van der Waals surface area (Å²) < 4.78 is 6.73. The number of para-hydroxylation sites is 1. The number of nitrogens with zero attached hydrogens (tertiary/aromatic N) is 1. The highest BCUT2D eigenvalue weighted by Crippen LogP contribution is 2.46. The van der Waals surface area contributed by atoms with E-state index in [0.717, 1.165) is 31.4 Å². The molecule has 0 saturated carbocycles. The van der Waals surface area contributed by atoms with Crippen LogP contribution in [0.3, 0.4) is 0 Å². The number of rotatable bonds is 2. The first-order chi connectivity index (χ1) is 10.8. The van der Waals surface area contributed by atoms with Crippen molar-refractivity contribution in [3.63, 3.8) is 0 Å². The summed E-state index contributed by atoms with van der Waals surface area (Å²) in [4.78, 5) is 4.49. The molecule has 3 nitrogen and oxygen atoms in total. The van der Waals surface area contributed by atoms with Gasteiger partial charge >= 0.3 is 0 Å². The summed E-state index contributed by atoms with van der Waals surface area (Å²) >= 11 is 0. The Morgan fingerprint density at radius 2 is 2.14 bits per heavy atom. The predicted octanol–water partition coefficient (Wildman–Crippen LogP) is 3.84. The molecule has 3 atom stereocenters. The minimum Gasteiger partial charge on any atom is -0.365 e. The second-order valence-corrected chi connectivity index (χ2v) is 6.68. The second-order valence-electron chi connectivity index (χ2n) is 6.68. The summed E-state index contributed by atoms with van der Waals surface area (Å²) in [5.74, 6) is 0.711. The molecule has 3 heteroatoms. The Kier molecular flexibility index (Phi) is 3.63. The normalized spacial score (nSPS) is 31.9. The van der Waals surface area contributed by atoms with E-state index in [-0.39, 0.29) is 11.7 Å². The molecule has 0 radical (unpaired) electrons. The zero-order valence-electron chi connectivity index (χ0n) is 13.2. The fourth-order valence-corrected chi connectivity index (χ4v) is 4.34. The van der Waals surface area contributed by atoms with Crippen molar-refractivity contribution in [3.8, 4) is 0 Å². The molecular weight excluding hydrogens is 272 g/mol. The third-order valence-corrected chi connectivity index (χ3v) is 5.62. The van der Waals surface area contributed by atoms with E-state index in [1.165, 1.54) is 23.8 Å². The molecule has 1 unspecified atom stereocenters. The van der Waals surface area contributed by atoms with Crippen LogP contribution in [0.5, 0.6) is 0 Å². The van der Waals surface area contributed by atoms with E-state index < -0.39 is 0 Å². The van der Waals surface area contributed by atoms with Gasteiger partial charge in [-0.2, -0.15) is 0 Å². The zero-order chi connectivity index (χ0) is 15.0. The largest absolute Gasteiger partial charge is 0.365 e. The highest BCUT2D eigenvalue weighted by Gasteiger charge is 2.45. The van der Waals surface area contributed by atoms with Crippen LogP contribution in [0.2, 0.25) is 0 Å². The molecule has 4 rings (SSSR count). The van der Waals surface area contributed by atoms with Gasteiger partial charge in [0.2, 0.25) is 0 Å². The third-order valence-electron chi connectivity index (χ3n) is 5.62. The Labute approximate surface area is 132 Å². The molecule has 2 aromatic rings. The van der Waals surface area contributed by atoms with Crippen molar-refractivity contribution in [2.45, 2.75) is 44.3 Å². The maximum absolute atomic E-state index is 6.73. The molecule has 2 fully saturated rings. The van der Waals surface area contributed by atoms with Crippen LogP contribution in [-0.2, 0) is 4.74 Å². The zero-order valence-corrected chi connectivity index (χ0v) is 13.2. The summed E-state index contributed by atoms with van der Waals surface area (Å²) in [6, 6.07) is 10.5. The molecule has 0 amide bonds. The highest BCUT2D eigenvalue weighted by molar-refractivity contribution is 5.82. The SMILES string of the molecule is CC[C@@]12CNCC[C@@H]1CCC(c1ccnc3ccccc13)O2. The summed E-state index contributed by atoms with van der Waals surface area (Å²) in [5.41, 5.74) is 2.39. The van der Waals surface area contributed by atoms with Crippen molar-refractivity contribution in [1.82, 2.24) is 10.3 Å². The van der Waals surface area contributed by atoms with Gasteiger partial charge in [0, 0.05) is 18.1 Å². The van der Waals surface area contributed by atoms with E-state index >= 15 is 0 Å². The molecule has 1 N–H and O–H groups in total. The van der Waals surface area contributed by atoms with Gasteiger partial charge in [0.15, 0.2) is 0 Å². The van der Waals surface area contributed by atoms with E-state index in [1.54, 1.807) is 0 Å². The lowest BCUT2D eigenvalue weighted by Crippen LogP contribution is -2.56. The van der Waals surface area contributed by atoms with Crippen molar-refractivity contribution in [2.24, 2.45) is 5.92 Å². The van der Waals surface area contributed by atoms with Crippen LogP contribution in [0.1, 0.15) is 44.3 Å². The fraction of sp³-hybridized carbons (Fsp3) is 0.526. The number of pyridine rings is 1. The van der Waals surface area contributed by atoms with Gasteiger partial charge in [-0.3, -0.25) is 4.98 Å². The quantitative estimate of drug-likeness (QED) is 0.914. The van der Waals surface area contributed by atoms with Crippen LogP contribution in [0.15, 0.2) is 36.5 Å². The Morgan fingerprint density at radius 1 is 1.23 bits per heavy atom. The maximum atomic E-state index is 6.73. The molecule has 2 aliphatic heterocycles. The highest BCUT2D eigenvalue weighted by atomic mass is 16.5. The number of hydrogen-bond acceptors (Lipinski definition) is 3. The van der Waals surface area contributed by atoms with E-state index in [9.17, 15) is 0 Å². The molecule has 0 spiro atoms. The van der Waals surface area contributed by atoms with E-state index in [2.05, 4.69) is 47.6 Å². The monoisotopic (exact) mass is 296 g/mol. The summed E-state index contributed by atoms with van der Waals surface area (Å²) in [6.45, 7) is 4.40. The van der Waals surface area contributed by atoms with E-state index in [1.807, 2.05) is 6.20 Å². The average Bonchev–Trinajstić information content (AvgIpc) is 2.60. The third kappa shape index (κ3) is 2.24. The van der Waals surface area contributed by atoms with Gasteiger partial charge in [0.1, 0.15) is 0 Å². The molecule has 0 aliphatic carbocycles. The first-order valence-corrected chi connectivity index (χ1v) is 8.54. The lowest BCUT2D eigenvalue weighted by Gasteiger charge is -2.50. The molecule has 3 heterocycles. The van der Waals surface area contributed by atoms with Crippen LogP contribution in [0.4, 0.5) is 0 Å². The first kappa shape index (κ1) is 14.2. The van der Waals surface area contributed by atoms with Crippen LogP contribution < -0.4 is 5.32 Å². The molecule has 2 saturated heterocycles. The molecule has 1 aromatic carbocycles. The molecule has 1 aromatic heterocycles. The topological polar surface area (TPSA) is 34.2 Å². The molecule has 2 aliphatic rings. The average molecular weight is 296 g/mol. The lowest BCUT2D eigenvalue weighted by atomic mass is 9.74. The van der Waals surface area contributed by atoms with Gasteiger partial charge in [-0.05, 0) is 55.8 Å². The number of nitrogens with one attached hydrogen (secondary N) is 1. The molecule has 22 heavy (non-hydrogen) atoms. The van der Waals surface area contributed by atoms with Crippen LogP contribution in [-0.4, -0.2) is 23.7 Å². The van der Waals surface area contributed by atoms with Gasteiger partial charge in [-0.15, -0.1) is 0 Å². The number of aromatic nitrogens is 1. The standard InChI is InChI=1S/C19H24N2O/c1-2-19-13-20-11-9-14(19)7-8-18(22-19)16-10-12-21-17-6-4-3-5-15(16)17/h3-6,10,12,14,18,20H,2,7-9,11,13H2,1H3/t14-,18?,19+/m0/s1.